The molecule has 0 spiro atoms. The summed E-state index contributed by atoms with van der Waals surface area (Å²) in [4.78, 5) is 11.2. The molecule has 0 aromatic rings. The fraction of sp³-hybridized carbons (Fsp3) is 0.950. The van der Waals surface area contributed by atoms with Crippen LogP contribution in [-0.4, -0.2) is 12.6 Å². The first-order chi connectivity index (χ1) is 10.8. The largest absolute Gasteiger partial charge is 0.466 e. The first-order valence-corrected chi connectivity index (χ1v) is 9.96. The second-order valence-corrected chi connectivity index (χ2v) is 6.50. The van der Waals surface area contributed by atoms with Gasteiger partial charge < -0.3 is 4.74 Å². The normalized spacial score (nSPS) is 10.3. The Morgan fingerprint density at radius 2 is 0.957 bits per heavy atom. The van der Waals surface area contributed by atoms with Crippen LogP contribution in [0, 0.1) is 0 Å². The number of unbranched alkanes of at least 4 members (excludes halogenated alkanes) is 14. The maximum absolute atomic E-state index is 11.2. The van der Waals surface area contributed by atoms with E-state index in [1.165, 1.54) is 89.9 Å². The second kappa shape index (κ2) is 21.8. The Balaban J connectivity index is 0. The van der Waals surface area contributed by atoms with E-state index in [9.17, 15) is 4.79 Å². The molecule has 0 radical (unpaired) electrons. The zero-order chi connectivity index (χ0) is 16.3. The van der Waals surface area contributed by atoms with Crippen LogP contribution in [0.3, 0.4) is 0 Å². The summed E-state index contributed by atoms with van der Waals surface area (Å²) in [5.41, 5.74) is 0. The SMILES string of the molecule is CCCCCCCCCCCCCCCCCC(=O)OCC.Cl. The van der Waals surface area contributed by atoms with Crippen LogP contribution in [-0.2, 0) is 9.53 Å². The van der Waals surface area contributed by atoms with Crippen LogP contribution < -0.4 is 0 Å². The van der Waals surface area contributed by atoms with E-state index < -0.39 is 0 Å². The minimum absolute atomic E-state index is 0. The summed E-state index contributed by atoms with van der Waals surface area (Å²) in [5, 5.41) is 0. The van der Waals surface area contributed by atoms with Crippen LogP contribution in [0.25, 0.3) is 0 Å². The Kier molecular flexibility index (Phi) is 23.7. The number of carbonyl (C=O) groups excluding carboxylic acids is 1. The van der Waals surface area contributed by atoms with Crippen LogP contribution in [0.5, 0.6) is 0 Å². The molecule has 0 aromatic heterocycles. The summed E-state index contributed by atoms with van der Waals surface area (Å²) < 4.78 is 4.92. The number of esters is 1. The molecule has 0 aromatic carbocycles. The highest BCUT2D eigenvalue weighted by atomic mass is 35.5. The molecule has 0 aliphatic rings. The van der Waals surface area contributed by atoms with E-state index in [-0.39, 0.29) is 18.4 Å². The number of hydrogen-bond donors (Lipinski definition) is 0. The van der Waals surface area contributed by atoms with Gasteiger partial charge in [-0.2, -0.15) is 0 Å². The van der Waals surface area contributed by atoms with Crippen molar-refractivity contribution >= 4 is 18.4 Å². The maximum Gasteiger partial charge on any atom is 0.305 e. The van der Waals surface area contributed by atoms with Gasteiger partial charge in [-0.05, 0) is 13.3 Å². The Bertz CT molecular complexity index is 232. The minimum Gasteiger partial charge on any atom is -0.466 e. The zero-order valence-electron chi connectivity index (χ0n) is 15.7. The first-order valence-electron chi connectivity index (χ1n) is 9.96. The van der Waals surface area contributed by atoms with Crippen LogP contribution in [0.2, 0.25) is 0 Å². The van der Waals surface area contributed by atoms with Gasteiger partial charge in [-0.1, -0.05) is 96.8 Å². The van der Waals surface area contributed by atoms with Crippen molar-refractivity contribution in [3.05, 3.63) is 0 Å². The molecule has 0 saturated carbocycles. The molecular formula is C20H41ClO2. The number of hydrogen-bond acceptors (Lipinski definition) is 2. The van der Waals surface area contributed by atoms with Gasteiger partial charge >= 0.3 is 5.97 Å². The van der Waals surface area contributed by atoms with E-state index in [0.717, 1.165) is 6.42 Å². The molecule has 0 aliphatic heterocycles. The summed E-state index contributed by atoms with van der Waals surface area (Å²) in [5.74, 6) is -0.0304. The number of ether oxygens (including phenoxy) is 1. The predicted molar refractivity (Wildman–Crippen MR) is 103 cm³/mol. The van der Waals surface area contributed by atoms with Crippen molar-refractivity contribution in [3.63, 3.8) is 0 Å². The zero-order valence-corrected chi connectivity index (χ0v) is 16.6. The van der Waals surface area contributed by atoms with E-state index in [4.69, 9.17) is 4.74 Å². The van der Waals surface area contributed by atoms with Crippen LogP contribution in [0.4, 0.5) is 0 Å². The Hall–Kier alpha value is -0.240. The predicted octanol–water partition coefficient (Wildman–Crippen LogP) is 7.23. The number of halogens is 1. The second-order valence-electron chi connectivity index (χ2n) is 6.50. The molecule has 0 aliphatic carbocycles. The fourth-order valence-electron chi connectivity index (χ4n) is 2.87. The molecule has 0 fully saturated rings. The summed E-state index contributed by atoms with van der Waals surface area (Å²) in [7, 11) is 0. The Morgan fingerprint density at radius 3 is 1.30 bits per heavy atom. The smallest absolute Gasteiger partial charge is 0.305 e. The van der Waals surface area contributed by atoms with Gasteiger partial charge in [-0.3, -0.25) is 4.79 Å². The topological polar surface area (TPSA) is 26.3 Å². The van der Waals surface area contributed by atoms with Crippen LogP contribution >= 0.6 is 12.4 Å². The third-order valence-corrected chi connectivity index (χ3v) is 4.29. The van der Waals surface area contributed by atoms with Crippen molar-refractivity contribution in [2.75, 3.05) is 6.61 Å². The van der Waals surface area contributed by atoms with Gasteiger partial charge in [-0.15, -0.1) is 12.4 Å². The number of carbonyl (C=O) groups is 1. The summed E-state index contributed by atoms with van der Waals surface area (Å²) in [6.45, 7) is 4.66. The molecule has 0 saturated heterocycles. The third-order valence-electron chi connectivity index (χ3n) is 4.29. The minimum atomic E-state index is -0.0304. The average Bonchev–Trinajstić information content (AvgIpc) is 2.51. The fourth-order valence-corrected chi connectivity index (χ4v) is 2.87. The molecule has 0 rings (SSSR count). The van der Waals surface area contributed by atoms with Gasteiger partial charge in [-0.25, -0.2) is 0 Å². The molecule has 2 nitrogen and oxygen atoms in total. The lowest BCUT2D eigenvalue weighted by molar-refractivity contribution is -0.143. The molecule has 0 heterocycles. The Labute approximate surface area is 151 Å². The highest BCUT2D eigenvalue weighted by Gasteiger charge is 2.00. The van der Waals surface area contributed by atoms with Gasteiger partial charge in [0.25, 0.3) is 0 Å². The first kappa shape index (κ1) is 25.0. The standard InChI is InChI=1S/C20H40O2.ClH/c1-3-5-6-7-8-9-10-11-12-13-14-15-16-17-18-19-20(21)22-4-2;/h3-19H2,1-2H3;1H. The molecule has 0 amide bonds. The van der Waals surface area contributed by atoms with Gasteiger partial charge in [0.15, 0.2) is 0 Å². The van der Waals surface area contributed by atoms with Crippen molar-refractivity contribution in [3.8, 4) is 0 Å². The van der Waals surface area contributed by atoms with Crippen molar-refractivity contribution in [2.45, 2.75) is 117 Å². The van der Waals surface area contributed by atoms with Crippen molar-refractivity contribution in [1.82, 2.24) is 0 Å². The average molecular weight is 349 g/mol. The molecule has 23 heavy (non-hydrogen) atoms. The Morgan fingerprint density at radius 1 is 0.609 bits per heavy atom. The summed E-state index contributed by atoms with van der Waals surface area (Å²) >= 11 is 0. The molecule has 3 heteroatoms. The van der Waals surface area contributed by atoms with Crippen molar-refractivity contribution in [2.24, 2.45) is 0 Å². The van der Waals surface area contributed by atoms with Gasteiger partial charge in [0.05, 0.1) is 6.61 Å². The highest BCUT2D eigenvalue weighted by Crippen LogP contribution is 2.13. The maximum atomic E-state index is 11.2. The van der Waals surface area contributed by atoms with Crippen molar-refractivity contribution in [1.29, 1.82) is 0 Å². The lowest BCUT2D eigenvalue weighted by Gasteiger charge is -2.03. The van der Waals surface area contributed by atoms with E-state index in [2.05, 4.69) is 6.92 Å². The molecule has 0 bridgehead atoms. The van der Waals surface area contributed by atoms with E-state index >= 15 is 0 Å². The van der Waals surface area contributed by atoms with Crippen molar-refractivity contribution < 1.29 is 9.53 Å². The third kappa shape index (κ3) is 21.8. The van der Waals surface area contributed by atoms with Crippen LogP contribution in [0.15, 0.2) is 0 Å². The molecule has 0 unspecified atom stereocenters. The van der Waals surface area contributed by atoms with Gasteiger partial charge in [0, 0.05) is 6.42 Å². The lowest BCUT2D eigenvalue weighted by Crippen LogP contribution is -2.03. The van der Waals surface area contributed by atoms with Gasteiger partial charge in [0.1, 0.15) is 0 Å². The molecular weight excluding hydrogens is 308 g/mol. The monoisotopic (exact) mass is 348 g/mol. The van der Waals surface area contributed by atoms with E-state index in [1.54, 1.807) is 0 Å². The number of rotatable bonds is 17. The molecule has 0 atom stereocenters. The van der Waals surface area contributed by atoms with Gasteiger partial charge in [0.2, 0.25) is 0 Å². The lowest BCUT2D eigenvalue weighted by atomic mass is 10.0. The summed E-state index contributed by atoms with van der Waals surface area (Å²) in [6, 6.07) is 0. The van der Waals surface area contributed by atoms with Crippen LogP contribution in [0.1, 0.15) is 117 Å². The van der Waals surface area contributed by atoms with E-state index in [0.29, 0.717) is 13.0 Å². The highest BCUT2D eigenvalue weighted by molar-refractivity contribution is 5.85. The summed E-state index contributed by atoms with van der Waals surface area (Å²) in [6.07, 6.45) is 21.0. The quantitative estimate of drug-likeness (QED) is 0.204. The molecule has 140 valence electrons. The van der Waals surface area contributed by atoms with E-state index in [1.807, 2.05) is 6.92 Å². The molecule has 0 N–H and O–H groups in total.